The molecule has 0 saturated carbocycles. The number of nitrogens with one attached hydrogen (secondary N) is 1. The molecule has 20 heavy (non-hydrogen) atoms. The first-order chi connectivity index (χ1) is 9.29. The van der Waals surface area contributed by atoms with Crippen LogP contribution in [-0.2, 0) is 17.1 Å². The van der Waals surface area contributed by atoms with Crippen LogP contribution in [-0.4, -0.2) is 23.2 Å². The van der Waals surface area contributed by atoms with Crippen molar-refractivity contribution in [1.29, 1.82) is 0 Å². The fraction of sp³-hybridized carbons (Fsp3) is 0.0909. The molecular formula is C11H11BrN4O2S2. The van der Waals surface area contributed by atoms with Crippen molar-refractivity contribution in [3.63, 3.8) is 0 Å². The number of aromatic nitrogens is 2. The minimum atomic E-state index is -3.73. The summed E-state index contributed by atoms with van der Waals surface area (Å²) in [5.74, 6) is 0. The van der Waals surface area contributed by atoms with Gasteiger partial charge in [0.2, 0.25) is 0 Å². The molecule has 2 aromatic rings. The summed E-state index contributed by atoms with van der Waals surface area (Å²) in [4.78, 5) is 0.176. The lowest BCUT2D eigenvalue weighted by atomic mass is 10.2. The lowest BCUT2D eigenvalue weighted by Gasteiger charge is -2.11. The number of benzene rings is 1. The van der Waals surface area contributed by atoms with Gasteiger partial charge in [-0.25, -0.2) is 8.42 Å². The molecule has 1 aromatic heterocycles. The molecule has 0 bridgehead atoms. The van der Waals surface area contributed by atoms with Crippen LogP contribution >= 0.6 is 28.1 Å². The van der Waals surface area contributed by atoms with E-state index in [1.807, 2.05) is 0 Å². The molecule has 0 radical (unpaired) electrons. The van der Waals surface area contributed by atoms with E-state index in [1.165, 1.54) is 17.1 Å². The molecule has 0 aliphatic carbocycles. The first kappa shape index (κ1) is 14.9. The van der Waals surface area contributed by atoms with Crippen molar-refractivity contribution >= 4 is 48.8 Å². The lowest BCUT2D eigenvalue weighted by molar-refractivity contribution is 0.601. The second-order valence-electron chi connectivity index (χ2n) is 4.01. The number of rotatable bonds is 4. The van der Waals surface area contributed by atoms with Gasteiger partial charge in [-0.1, -0.05) is 28.1 Å². The number of nitrogens with zero attached hydrogens (tertiary/aromatic N) is 2. The predicted octanol–water partition coefficient (Wildman–Crippen LogP) is 1.62. The minimum Gasteiger partial charge on any atom is -0.389 e. The summed E-state index contributed by atoms with van der Waals surface area (Å²) in [5, 5.41) is 3.84. The third-order valence-corrected chi connectivity index (χ3v) is 4.52. The van der Waals surface area contributed by atoms with E-state index in [2.05, 4.69) is 25.8 Å². The summed E-state index contributed by atoms with van der Waals surface area (Å²) in [6.07, 6.45) is 2.67. The predicted molar refractivity (Wildman–Crippen MR) is 84.0 cm³/mol. The summed E-state index contributed by atoms with van der Waals surface area (Å²) in [5.41, 5.74) is 6.36. The van der Waals surface area contributed by atoms with Gasteiger partial charge in [0.25, 0.3) is 10.0 Å². The van der Waals surface area contributed by atoms with Crippen molar-refractivity contribution < 1.29 is 8.42 Å². The molecule has 0 spiro atoms. The molecule has 2 rings (SSSR count). The molecular weight excluding hydrogens is 364 g/mol. The molecule has 0 fully saturated rings. The van der Waals surface area contributed by atoms with Crippen molar-refractivity contribution in [2.45, 2.75) is 4.90 Å². The second-order valence-corrected chi connectivity index (χ2v) is 7.05. The van der Waals surface area contributed by atoms with E-state index in [0.29, 0.717) is 15.7 Å². The molecule has 1 heterocycles. The van der Waals surface area contributed by atoms with Crippen molar-refractivity contribution in [2.24, 2.45) is 12.8 Å². The molecule has 0 aliphatic rings. The minimum absolute atomic E-state index is 0.0638. The molecule has 1 aromatic carbocycles. The highest BCUT2D eigenvalue weighted by Crippen LogP contribution is 2.24. The van der Waals surface area contributed by atoms with Gasteiger partial charge in [-0.3, -0.25) is 9.40 Å². The van der Waals surface area contributed by atoms with E-state index in [-0.39, 0.29) is 9.88 Å². The van der Waals surface area contributed by atoms with Crippen molar-refractivity contribution in [1.82, 2.24) is 9.78 Å². The topological polar surface area (TPSA) is 90.0 Å². The molecule has 0 atom stereocenters. The Balaban J connectivity index is 2.44. The van der Waals surface area contributed by atoms with Gasteiger partial charge >= 0.3 is 0 Å². The fourth-order valence-electron chi connectivity index (χ4n) is 1.56. The number of halogens is 1. The zero-order valence-electron chi connectivity index (χ0n) is 10.4. The summed E-state index contributed by atoms with van der Waals surface area (Å²) >= 11 is 8.19. The lowest BCUT2D eigenvalue weighted by Crippen LogP contribution is -2.17. The third-order valence-electron chi connectivity index (χ3n) is 2.48. The van der Waals surface area contributed by atoms with E-state index in [0.717, 1.165) is 0 Å². The Morgan fingerprint density at radius 2 is 2.20 bits per heavy atom. The van der Waals surface area contributed by atoms with Crippen LogP contribution in [0, 0.1) is 0 Å². The zero-order valence-corrected chi connectivity index (χ0v) is 13.6. The summed E-state index contributed by atoms with van der Waals surface area (Å²) in [6, 6.07) is 4.98. The maximum atomic E-state index is 12.2. The Morgan fingerprint density at radius 1 is 1.50 bits per heavy atom. The molecule has 0 unspecified atom stereocenters. The van der Waals surface area contributed by atoms with E-state index in [4.69, 9.17) is 18.0 Å². The highest BCUT2D eigenvalue weighted by Gasteiger charge is 2.18. The van der Waals surface area contributed by atoms with Crippen LogP contribution < -0.4 is 10.5 Å². The van der Waals surface area contributed by atoms with Crippen LogP contribution in [0.15, 0.2) is 40.0 Å². The van der Waals surface area contributed by atoms with Crippen LogP contribution in [0.2, 0.25) is 0 Å². The second kappa shape index (κ2) is 5.51. The molecule has 0 amide bonds. The summed E-state index contributed by atoms with van der Waals surface area (Å²) < 4.78 is 29.1. The van der Waals surface area contributed by atoms with Crippen molar-refractivity contribution in [2.75, 3.05) is 4.72 Å². The summed E-state index contributed by atoms with van der Waals surface area (Å²) in [6.45, 7) is 0. The fourth-order valence-corrected chi connectivity index (χ4v) is 3.15. The van der Waals surface area contributed by atoms with Crippen LogP contribution in [0.4, 0.5) is 5.69 Å². The van der Waals surface area contributed by atoms with E-state index in [9.17, 15) is 8.42 Å². The molecule has 0 saturated heterocycles. The Kier molecular flexibility index (Phi) is 4.11. The summed E-state index contributed by atoms with van der Waals surface area (Å²) in [7, 11) is -2.10. The van der Waals surface area contributed by atoms with Crippen LogP contribution in [0.3, 0.4) is 0 Å². The van der Waals surface area contributed by atoms with Gasteiger partial charge < -0.3 is 5.73 Å². The van der Waals surface area contributed by atoms with Crippen LogP contribution in [0.5, 0.6) is 0 Å². The number of hydrogen-bond donors (Lipinski definition) is 2. The van der Waals surface area contributed by atoms with Gasteiger partial charge in [0, 0.05) is 23.3 Å². The maximum Gasteiger partial charge on any atom is 0.265 e. The Hall–Kier alpha value is -1.45. The number of aryl methyl sites for hydroxylation is 1. The average Bonchev–Trinajstić information content (AvgIpc) is 2.75. The Bertz CT molecular complexity index is 770. The van der Waals surface area contributed by atoms with Gasteiger partial charge in [0.05, 0.1) is 11.9 Å². The van der Waals surface area contributed by atoms with Gasteiger partial charge in [0.1, 0.15) is 9.88 Å². The number of nitrogens with two attached hydrogens (primary N) is 1. The Morgan fingerprint density at radius 3 is 2.75 bits per heavy atom. The normalized spacial score (nSPS) is 11.3. The number of anilines is 1. The molecule has 106 valence electrons. The first-order valence-corrected chi connectivity index (χ1v) is 8.09. The smallest absolute Gasteiger partial charge is 0.265 e. The molecule has 9 heteroatoms. The van der Waals surface area contributed by atoms with Gasteiger partial charge in [-0.15, -0.1) is 0 Å². The molecule has 0 aliphatic heterocycles. The van der Waals surface area contributed by atoms with Crippen molar-refractivity contribution in [3.8, 4) is 0 Å². The molecule has 6 nitrogen and oxygen atoms in total. The van der Waals surface area contributed by atoms with Gasteiger partial charge in [-0.05, 0) is 18.2 Å². The highest BCUT2D eigenvalue weighted by molar-refractivity contribution is 9.10. The number of hydrogen-bond acceptors (Lipinski definition) is 4. The third kappa shape index (κ3) is 3.17. The average molecular weight is 375 g/mol. The number of sulfonamides is 1. The van der Waals surface area contributed by atoms with E-state index < -0.39 is 10.0 Å². The standard InChI is InChI=1S/C11H11BrN4O2S2/c1-16-6-8(5-14-16)20(17,18)15-10-4-7(12)2-3-9(10)11(13)19/h2-6,15H,1H3,(H2,13,19). The van der Waals surface area contributed by atoms with Gasteiger partial charge in [0.15, 0.2) is 0 Å². The van der Waals surface area contributed by atoms with Gasteiger partial charge in [-0.2, -0.15) is 5.10 Å². The monoisotopic (exact) mass is 374 g/mol. The zero-order chi connectivity index (χ0) is 14.9. The van der Waals surface area contributed by atoms with Crippen LogP contribution in [0.25, 0.3) is 0 Å². The quantitative estimate of drug-likeness (QED) is 0.793. The highest BCUT2D eigenvalue weighted by atomic mass is 79.9. The van der Waals surface area contributed by atoms with Crippen LogP contribution in [0.1, 0.15) is 5.56 Å². The maximum absolute atomic E-state index is 12.2. The molecule has 3 N–H and O–H groups in total. The number of thiocarbonyl (C=S) groups is 1. The SMILES string of the molecule is Cn1cc(S(=O)(=O)Nc2cc(Br)ccc2C(N)=S)cn1. The van der Waals surface area contributed by atoms with E-state index in [1.54, 1.807) is 25.2 Å². The van der Waals surface area contributed by atoms with Crippen molar-refractivity contribution in [3.05, 3.63) is 40.6 Å². The first-order valence-electron chi connectivity index (χ1n) is 5.40. The Labute approximate surface area is 130 Å². The van der Waals surface area contributed by atoms with E-state index >= 15 is 0 Å². The largest absolute Gasteiger partial charge is 0.389 e.